The van der Waals surface area contributed by atoms with Crippen LogP contribution in [0, 0.1) is 42.7 Å². The molecule has 1 aromatic carbocycles. The van der Waals surface area contributed by atoms with Crippen LogP contribution in [0.5, 0.6) is 0 Å². The zero-order valence-corrected chi connectivity index (χ0v) is 16.8. The van der Waals surface area contributed by atoms with E-state index in [9.17, 15) is 23.6 Å². The second kappa shape index (κ2) is 9.28. The normalized spacial score (nSPS) is 11.4. The molecule has 5 nitrogen and oxygen atoms in total. The summed E-state index contributed by atoms with van der Waals surface area (Å²) in [5, 5.41) is 9.32. The van der Waals surface area contributed by atoms with Gasteiger partial charge in [0.15, 0.2) is 24.0 Å². The van der Waals surface area contributed by atoms with Crippen molar-refractivity contribution in [2.75, 3.05) is 6.61 Å². The lowest BCUT2D eigenvalue weighted by Crippen LogP contribution is -2.15. The van der Waals surface area contributed by atoms with E-state index >= 15 is 0 Å². The molecule has 0 saturated heterocycles. The molecule has 0 N–H and O–H groups in total. The Kier molecular flexibility index (Phi) is 7.05. The molecule has 2 aromatic rings. The molecule has 0 amide bonds. The van der Waals surface area contributed by atoms with Crippen molar-refractivity contribution in [1.29, 1.82) is 5.26 Å². The third-order valence-corrected chi connectivity index (χ3v) is 4.38. The second-order valence-corrected chi connectivity index (χ2v) is 7.13. The van der Waals surface area contributed by atoms with Gasteiger partial charge in [-0.25, -0.2) is 13.6 Å². The first kappa shape index (κ1) is 22.0. The molecule has 0 fully saturated rings. The molecule has 152 valence electrons. The summed E-state index contributed by atoms with van der Waals surface area (Å²) in [5.41, 5.74) is 2.24. The molecule has 7 heteroatoms. The number of halogens is 2. The van der Waals surface area contributed by atoms with Crippen molar-refractivity contribution in [2.45, 2.75) is 34.2 Å². The minimum Gasteiger partial charge on any atom is -0.453 e. The van der Waals surface area contributed by atoms with Crippen molar-refractivity contribution < 1.29 is 23.1 Å². The highest BCUT2D eigenvalue weighted by Gasteiger charge is 2.17. The summed E-state index contributed by atoms with van der Waals surface area (Å²) in [6.45, 7) is 8.15. The molecular weight excluding hydrogens is 378 g/mol. The van der Waals surface area contributed by atoms with Gasteiger partial charge < -0.3 is 9.30 Å². The Hall–Kier alpha value is -3.27. The summed E-state index contributed by atoms with van der Waals surface area (Å²) in [6, 6.07) is 6.30. The van der Waals surface area contributed by atoms with E-state index in [4.69, 9.17) is 4.74 Å². The van der Waals surface area contributed by atoms with Crippen molar-refractivity contribution in [3.05, 3.63) is 64.0 Å². The van der Waals surface area contributed by atoms with Crippen molar-refractivity contribution in [1.82, 2.24) is 4.57 Å². The molecule has 29 heavy (non-hydrogen) atoms. The summed E-state index contributed by atoms with van der Waals surface area (Å²) < 4.78 is 33.2. The number of nitriles is 1. The van der Waals surface area contributed by atoms with E-state index in [1.165, 1.54) is 6.08 Å². The molecule has 0 aliphatic heterocycles. The molecule has 1 heterocycles. The zero-order valence-electron chi connectivity index (χ0n) is 16.8. The summed E-state index contributed by atoms with van der Waals surface area (Å²) in [7, 11) is 0. The van der Waals surface area contributed by atoms with Crippen LogP contribution in [0.3, 0.4) is 0 Å². The summed E-state index contributed by atoms with van der Waals surface area (Å²) in [5.74, 6) is -3.49. The number of ether oxygens (including phenoxy) is 1. The van der Waals surface area contributed by atoms with Gasteiger partial charge in [0.25, 0.3) is 0 Å². The van der Waals surface area contributed by atoms with E-state index in [0.29, 0.717) is 11.5 Å². The molecular formula is C22H22F2N2O3. The van der Waals surface area contributed by atoms with E-state index in [-0.39, 0.29) is 11.1 Å². The lowest BCUT2D eigenvalue weighted by molar-refractivity contribution is -0.137. The molecule has 0 spiro atoms. The van der Waals surface area contributed by atoms with E-state index in [2.05, 4.69) is 18.4 Å². The maximum absolute atomic E-state index is 13.2. The predicted octanol–water partition coefficient (Wildman–Crippen LogP) is 4.37. The number of hydrogen-bond donors (Lipinski definition) is 0. The maximum Gasteiger partial charge on any atom is 0.349 e. The number of Topliss-reactive ketones (excluding diaryl/α,β-unsaturated/α-hetero) is 1. The molecule has 0 saturated carbocycles. The number of carbonyl (C=O) groups excluding carboxylic acids is 2. The Morgan fingerprint density at radius 1 is 1.21 bits per heavy atom. The fourth-order valence-electron chi connectivity index (χ4n) is 2.87. The van der Waals surface area contributed by atoms with Gasteiger partial charge in [0.05, 0.1) is 0 Å². The Bertz CT molecular complexity index is 1010. The Morgan fingerprint density at radius 2 is 1.90 bits per heavy atom. The van der Waals surface area contributed by atoms with Crippen LogP contribution in [0.1, 0.15) is 41.2 Å². The number of aromatic nitrogens is 1. The highest BCUT2D eigenvalue weighted by molar-refractivity contribution is 6.02. The van der Waals surface area contributed by atoms with Crippen LogP contribution in [0.2, 0.25) is 0 Å². The molecule has 0 aliphatic carbocycles. The topological polar surface area (TPSA) is 72.1 Å². The smallest absolute Gasteiger partial charge is 0.349 e. The SMILES string of the molecule is Cc1cc(/C=C(\C#N)C(=O)OCC(=O)c2ccc(F)c(F)c2)c(C)n1CC(C)C. The predicted molar refractivity (Wildman–Crippen MR) is 104 cm³/mol. The van der Waals surface area contributed by atoms with Gasteiger partial charge in [-0.05, 0) is 55.7 Å². The van der Waals surface area contributed by atoms with E-state index in [1.807, 2.05) is 19.9 Å². The quantitative estimate of drug-likeness (QED) is 0.299. The maximum atomic E-state index is 13.2. The fraction of sp³-hybridized carbons (Fsp3) is 0.318. The van der Waals surface area contributed by atoms with E-state index in [1.54, 1.807) is 6.07 Å². The van der Waals surface area contributed by atoms with Crippen LogP contribution >= 0.6 is 0 Å². The first-order valence-electron chi connectivity index (χ1n) is 9.08. The minimum absolute atomic E-state index is 0.128. The number of nitrogens with zero attached hydrogens (tertiary/aromatic N) is 2. The summed E-state index contributed by atoms with van der Waals surface area (Å²) in [4.78, 5) is 24.2. The molecule has 0 aliphatic rings. The van der Waals surface area contributed by atoms with Crippen molar-refractivity contribution in [3.63, 3.8) is 0 Å². The largest absolute Gasteiger partial charge is 0.453 e. The number of carbonyl (C=O) groups is 2. The standard InChI is InChI=1S/C22H22F2N2O3/c1-13(2)11-26-14(3)7-17(15(26)4)8-18(10-25)22(28)29-12-21(27)16-5-6-19(23)20(24)9-16/h5-9,13H,11-12H2,1-4H3/b18-8+. The van der Waals surface area contributed by atoms with Gasteiger partial charge in [0.2, 0.25) is 0 Å². The van der Waals surface area contributed by atoms with Crippen LogP contribution in [-0.4, -0.2) is 22.9 Å². The van der Waals surface area contributed by atoms with Gasteiger partial charge in [0, 0.05) is 23.5 Å². The van der Waals surface area contributed by atoms with Crippen LogP contribution in [0.4, 0.5) is 8.78 Å². The van der Waals surface area contributed by atoms with Gasteiger partial charge in [-0.3, -0.25) is 4.79 Å². The second-order valence-electron chi connectivity index (χ2n) is 7.13. The molecule has 0 unspecified atom stereocenters. The number of hydrogen-bond acceptors (Lipinski definition) is 4. The highest BCUT2D eigenvalue weighted by atomic mass is 19.2. The van der Waals surface area contributed by atoms with Crippen LogP contribution in [-0.2, 0) is 16.1 Å². The Morgan fingerprint density at radius 3 is 2.48 bits per heavy atom. The zero-order chi connectivity index (χ0) is 21.7. The average molecular weight is 400 g/mol. The number of rotatable bonds is 7. The Balaban J connectivity index is 2.13. The number of benzene rings is 1. The van der Waals surface area contributed by atoms with Gasteiger partial charge in [-0.1, -0.05) is 13.8 Å². The van der Waals surface area contributed by atoms with Crippen LogP contribution in [0.25, 0.3) is 6.08 Å². The number of esters is 1. The molecule has 0 radical (unpaired) electrons. The van der Waals surface area contributed by atoms with Gasteiger partial charge in [0.1, 0.15) is 11.6 Å². The summed E-state index contributed by atoms with van der Waals surface area (Å²) >= 11 is 0. The summed E-state index contributed by atoms with van der Waals surface area (Å²) in [6.07, 6.45) is 1.42. The van der Waals surface area contributed by atoms with Crippen molar-refractivity contribution in [3.8, 4) is 6.07 Å². The van der Waals surface area contributed by atoms with Gasteiger partial charge >= 0.3 is 5.97 Å². The minimum atomic E-state index is -1.17. The van der Waals surface area contributed by atoms with Crippen LogP contribution in [0.15, 0.2) is 29.8 Å². The highest BCUT2D eigenvalue weighted by Crippen LogP contribution is 2.20. The van der Waals surface area contributed by atoms with E-state index < -0.39 is 30.0 Å². The van der Waals surface area contributed by atoms with Crippen molar-refractivity contribution >= 4 is 17.8 Å². The van der Waals surface area contributed by atoms with E-state index in [0.717, 1.165) is 36.1 Å². The van der Waals surface area contributed by atoms with Gasteiger partial charge in [-0.2, -0.15) is 5.26 Å². The molecule has 1 aromatic heterocycles. The van der Waals surface area contributed by atoms with Crippen LogP contribution < -0.4 is 0 Å². The number of aryl methyl sites for hydroxylation is 1. The first-order valence-corrected chi connectivity index (χ1v) is 9.08. The van der Waals surface area contributed by atoms with Crippen molar-refractivity contribution in [2.24, 2.45) is 5.92 Å². The van der Waals surface area contributed by atoms with Gasteiger partial charge in [-0.15, -0.1) is 0 Å². The lowest BCUT2D eigenvalue weighted by Gasteiger charge is -2.12. The molecule has 0 bridgehead atoms. The lowest BCUT2D eigenvalue weighted by atomic mass is 10.1. The first-order chi connectivity index (χ1) is 13.6. The monoisotopic (exact) mass is 400 g/mol. The average Bonchev–Trinajstić information content (AvgIpc) is 2.92. The third kappa shape index (κ3) is 5.38. The molecule has 2 rings (SSSR count). The number of ketones is 1. The fourth-order valence-corrected chi connectivity index (χ4v) is 2.87. The Labute approximate surface area is 168 Å². The molecule has 0 atom stereocenters. The third-order valence-electron chi connectivity index (χ3n) is 4.38.